The lowest BCUT2D eigenvalue weighted by Gasteiger charge is -2.13. The van der Waals surface area contributed by atoms with Gasteiger partial charge in [-0.1, -0.05) is 0 Å². The number of nitrogens with zero attached hydrogens (tertiary/aromatic N) is 2. The molecule has 5 nitrogen and oxygen atoms in total. The standard InChI is InChI=1S/C13H14FN3O2/c1-7(15-13(18)19)12-16-10-5-2-8(14)6-11(10)17(12)9-3-4-9/h2,5-7,9,15H,3-4H2,1H3,(H,18,19)/t7-/m0/s1. The zero-order chi connectivity index (χ0) is 13.6. The third-order valence-corrected chi connectivity index (χ3v) is 3.32. The van der Waals surface area contributed by atoms with E-state index in [0.717, 1.165) is 18.4 Å². The van der Waals surface area contributed by atoms with E-state index in [9.17, 15) is 9.18 Å². The average Bonchev–Trinajstić information content (AvgIpc) is 3.09. The molecule has 1 aromatic heterocycles. The predicted molar refractivity (Wildman–Crippen MR) is 67.5 cm³/mol. The van der Waals surface area contributed by atoms with E-state index < -0.39 is 12.1 Å². The molecule has 0 radical (unpaired) electrons. The fraction of sp³-hybridized carbons (Fsp3) is 0.385. The van der Waals surface area contributed by atoms with E-state index in [0.29, 0.717) is 17.4 Å². The van der Waals surface area contributed by atoms with Gasteiger partial charge in [0.25, 0.3) is 0 Å². The van der Waals surface area contributed by atoms with Crippen LogP contribution in [0.15, 0.2) is 18.2 Å². The second-order valence-corrected chi connectivity index (χ2v) is 4.88. The van der Waals surface area contributed by atoms with E-state index >= 15 is 0 Å². The Morgan fingerprint density at radius 2 is 2.32 bits per heavy atom. The highest BCUT2D eigenvalue weighted by molar-refractivity contribution is 5.77. The van der Waals surface area contributed by atoms with Crippen molar-refractivity contribution in [3.05, 3.63) is 29.8 Å². The molecule has 0 saturated heterocycles. The Morgan fingerprint density at radius 3 is 2.95 bits per heavy atom. The van der Waals surface area contributed by atoms with Gasteiger partial charge in [-0.2, -0.15) is 0 Å². The monoisotopic (exact) mass is 263 g/mol. The summed E-state index contributed by atoms with van der Waals surface area (Å²) in [6.07, 6.45) is 0.955. The summed E-state index contributed by atoms with van der Waals surface area (Å²) in [5, 5.41) is 11.2. The largest absolute Gasteiger partial charge is 0.465 e. The molecule has 1 fully saturated rings. The number of aromatic nitrogens is 2. The zero-order valence-electron chi connectivity index (χ0n) is 10.4. The molecule has 2 N–H and O–H groups in total. The highest BCUT2D eigenvalue weighted by Gasteiger charge is 2.30. The van der Waals surface area contributed by atoms with Crippen molar-refractivity contribution in [2.24, 2.45) is 0 Å². The topological polar surface area (TPSA) is 67.2 Å². The van der Waals surface area contributed by atoms with Crippen molar-refractivity contribution < 1.29 is 14.3 Å². The summed E-state index contributed by atoms with van der Waals surface area (Å²) in [6, 6.07) is 4.33. The van der Waals surface area contributed by atoms with Gasteiger partial charge in [0.2, 0.25) is 0 Å². The van der Waals surface area contributed by atoms with E-state index in [4.69, 9.17) is 5.11 Å². The first-order chi connectivity index (χ1) is 9.06. The number of carbonyl (C=O) groups is 1. The van der Waals surface area contributed by atoms with E-state index in [1.165, 1.54) is 12.1 Å². The van der Waals surface area contributed by atoms with Crippen LogP contribution in [0.1, 0.15) is 37.7 Å². The molecule has 1 heterocycles. The Labute approximate surface area is 109 Å². The van der Waals surface area contributed by atoms with Crippen molar-refractivity contribution in [3.8, 4) is 0 Å². The molecule has 1 amide bonds. The molecule has 0 aliphatic heterocycles. The van der Waals surface area contributed by atoms with Crippen LogP contribution in [0.25, 0.3) is 11.0 Å². The van der Waals surface area contributed by atoms with E-state index in [1.807, 2.05) is 4.57 Å². The first-order valence-corrected chi connectivity index (χ1v) is 6.23. The third-order valence-electron chi connectivity index (χ3n) is 3.32. The van der Waals surface area contributed by atoms with Crippen molar-refractivity contribution in [2.45, 2.75) is 31.8 Å². The number of hydrogen-bond donors (Lipinski definition) is 2. The molecule has 100 valence electrons. The number of fused-ring (bicyclic) bond motifs is 1. The molecule has 0 unspecified atom stereocenters. The lowest BCUT2D eigenvalue weighted by Crippen LogP contribution is -2.26. The van der Waals surface area contributed by atoms with Crippen molar-refractivity contribution in [3.63, 3.8) is 0 Å². The minimum absolute atomic E-state index is 0.305. The van der Waals surface area contributed by atoms with Gasteiger partial charge in [0.1, 0.15) is 11.6 Å². The summed E-state index contributed by atoms with van der Waals surface area (Å²) in [7, 11) is 0. The minimum atomic E-state index is -1.09. The summed E-state index contributed by atoms with van der Waals surface area (Å²) in [5.41, 5.74) is 1.43. The molecule has 1 aliphatic carbocycles. The van der Waals surface area contributed by atoms with Gasteiger partial charge in [-0.15, -0.1) is 0 Å². The van der Waals surface area contributed by atoms with Gasteiger partial charge >= 0.3 is 6.09 Å². The number of halogens is 1. The normalized spacial score (nSPS) is 16.5. The van der Waals surface area contributed by atoms with Crippen molar-refractivity contribution in [1.82, 2.24) is 14.9 Å². The molecule has 1 aliphatic rings. The van der Waals surface area contributed by atoms with E-state index in [-0.39, 0.29) is 5.82 Å². The molecule has 6 heteroatoms. The van der Waals surface area contributed by atoms with Crippen LogP contribution < -0.4 is 5.32 Å². The number of benzene rings is 1. The Balaban J connectivity index is 2.12. The zero-order valence-corrected chi connectivity index (χ0v) is 10.4. The number of nitrogens with one attached hydrogen (secondary N) is 1. The summed E-state index contributed by atoms with van der Waals surface area (Å²) in [5.74, 6) is 0.338. The smallest absolute Gasteiger partial charge is 0.405 e. The Kier molecular flexibility index (Phi) is 2.66. The fourth-order valence-electron chi connectivity index (χ4n) is 2.36. The second kappa shape index (κ2) is 4.22. The minimum Gasteiger partial charge on any atom is -0.465 e. The Hall–Kier alpha value is -2.11. The lowest BCUT2D eigenvalue weighted by atomic mass is 10.3. The fourth-order valence-corrected chi connectivity index (χ4v) is 2.36. The van der Waals surface area contributed by atoms with Gasteiger partial charge in [0.15, 0.2) is 0 Å². The van der Waals surface area contributed by atoms with Crippen molar-refractivity contribution in [1.29, 1.82) is 0 Å². The van der Waals surface area contributed by atoms with Crippen LogP contribution in [0, 0.1) is 5.82 Å². The number of hydrogen-bond acceptors (Lipinski definition) is 2. The number of rotatable bonds is 3. The first kappa shape index (κ1) is 12.0. The van der Waals surface area contributed by atoms with E-state index in [2.05, 4.69) is 10.3 Å². The van der Waals surface area contributed by atoms with Crippen LogP contribution in [-0.2, 0) is 0 Å². The molecule has 0 spiro atoms. The molecule has 0 bridgehead atoms. The molecule has 19 heavy (non-hydrogen) atoms. The number of imidazole rings is 1. The molecule has 1 atom stereocenters. The summed E-state index contributed by atoms with van der Waals surface area (Å²) < 4.78 is 15.3. The van der Waals surface area contributed by atoms with Gasteiger partial charge in [-0.3, -0.25) is 0 Å². The molecule has 1 saturated carbocycles. The van der Waals surface area contributed by atoms with Crippen LogP contribution in [0.2, 0.25) is 0 Å². The van der Waals surface area contributed by atoms with Crippen LogP contribution in [-0.4, -0.2) is 20.8 Å². The van der Waals surface area contributed by atoms with Gasteiger partial charge in [-0.05, 0) is 38.0 Å². The van der Waals surface area contributed by atoms with Crippen LogP contribution in [0.3, 0.4) is 0 Å². The highest BCUT2D eigenvalue weighted by Crippen LogP contribution is 2.40. The highest BCUT2D eigenvalue weighted by atomic mass is 19.1. The van der Waals surface area contributed by atoms with Crippen LogP contribution >= 0.6 is 0 Å². The lowest BCUT2D eigenvalue weighted by molar-refractivity contribution is 0.190. The molecular weight excluding hydrogens is 249 g/mol. The Bertz CT molecular complexity index is 649. The van der Waals surface area contributed by atoms with Crippen molar-refractivity contribution >= 4 is 17.1 Å². The average molecular weight is 263 g/mol. The van der Waals surface area contributed by atoms with Crippen molar-refractivity contribution in [2.75, 3.05) is 0 Å². The maximum atomic E-state index is 13.4. The predicted octanol–water partition coefficient (Wildman–Crippen LogP) is 2.84. The third kappa shape index (κ3) is 2.14. The number of carboxylic acid groups (broad SMARTS) is 1. The quantitative estimate of drug-likeness (QED) is 0.894. The molecule has 2 aromatic rings. The Morgan fingerprint density at radius 1 is 1.58 bits per heavy atom. The maximum absolute atomic E-state index is 13.4. The van der Waals surface area contributed by atoms with Gasteiger partial charge in [0.05, 0.1) is 17.1 Å². The molecular formula is C13H14FN3O2. The van der Waals surface area contributed by atoms with Gasteiger partial charge in [0, 0.05) is 6.04 Å². The maximum Gasteiger partial charge on any atom is 0.405 e. The summed E-state index contributed by atoms with van der Waals surface area (Å²) >= 11 is 0. The summed E-state index contributed by atoms with van der Waals surface area (Å²) in [4.78, 5) is 15.2. The van der Waals surface area contributed by atoms with E-state index in [1.54, 1.807) is 13.0 Å². The van der Waals surface area contributed by atoms with Gasteiger partial charge in [-0.25, -0.2) is 14.2 Å². The SMILES string of the molecule is C[C@H](NC(=O)O)c1nc2ccc(F)cc2n1C1CC1. The second-order valence-electron chi connectivity index (χ2n) is 4.88. The summed E-state index contributed by atoms with van der Waals surface area (Å²) in [6.45, 7) is 1.74. The number of amides is 1. The van der Waals surface area contributed by atoms with Gasteiger partial charge < -0.3 is 15.0 Å². The van der Waals surface area contributed by atoms with Crippen LogP contribution in [0.5, 0.6) is 0 Å². The molecule has 3 rings (SSSR count). The molecule has 1 aromatic carbocycles. The van der Waals surface area contributed by atoms with Crippen LogP contribution in [0.4, 0.5) is 9.18 Å². The first-order valence-electron chi connectivity index (χ1n) is 6.23.